The van der Waals surface area contributed by atoms with E-state index in [2.05, 4.69) is 56.7 Å². The first-order valence-corrected chi connectivity index (χ1v) is 10.6. The lowest BCUT2D eigenvalue weighted by Gasteiger charge is -2.33. The van der Waals surface area contributed by atoms with Crippen LogP contribution in [-0.4, -0.2) is 69.2 Å². The van der Waals surface area contributed by atoms with E-state index in [1.807, 2.05) is 12.4 Å². The Hall–Kier alpha value is -1.70. The Kier molecular flexibility index (Phi) is 5.85. The SMILES string of the molecule is CC(C)(C)n1cc(CN2CCCC(c3[nH]ncc3CN3CCOCC3)C2)cn1. The van der Waals surface area contributed by atoms with E-state index in [4.69, 9.17) is 4.74 Å². The molecule has 154 valence electrons. The molecule has 4 heterocycles. The Morgan fingerprint density at radius 3 is 2.68 bits per heavy atom. The van der Waals surface area contributed by atoms with Crippen LogP contribution >= 0.6 is 0 Å². The van der Waals surface area contributed by atoms with Crippen LogP contribution in [0.25, 0.3) is 0 Å². The Morgan fingerprint density at radius 1 is 1.11 bits per heavy atom. The van der Waals surface area contributed by atoms with Gasteiger partial charge in [-0.25, -0.2) is 0 Å². The van der Waals surface area contributed by atoms with Crippen molar-refractivity contribution in [3.8, 4) is 0 Å². The van der Waals surface area contributed by atoms with Crippen LogP contribution in [0.4, 0.5) is 0 Å². The maximum absolute atomic E-state index is 5.48. The van der Waals surface area contributed by atoms with Gasteiger partial charge in [0.2, 0.25) is 0 Å². The molecule has 2 fully saturated rings. The van der Waals surface area contributed by atoms with Gasteiger partial charge in [0.1, 0.15) is 0 Å². The summed E-state index contributed by atoms with van der Waals surface area (Å²) >= 11 is 0. The van der Waals surface area contributed by atoms with Gasteiger partial charge in [-0.2, -0.15) is 10.2 Å². The summed E-state index contributed by atoms with van der Waals surface area (Å²) in [5.41, 5.74) is 4.03. The monoisotopic (exact) mass is 386 g/mol. The molecule has 4 rings (SSSR count). The van der Waals surface area contributed by atoms with Gasteiger partial charge in [0, 0.05) is 61.7 Å². The molecule has 0 aromatic carbocycles. The first kappa shape index (κ1) is 19.6. The van der Waals surface area contributed by atoms with E-state index in [0.29, 0.717) is 5.92 Å². The predicted molar refractivity (Wildman–Crippen MR) is 109 cm³/mol. The van der Waals surface area contributed by atoms with Crippen LogP contribution in [0.1, 0.15) is 56.4 Å². The highest BCUT2D eigenvalue weighted by Gasteiger charge is 2.26. The standard InChI is InChI=1S/C21H34N6O/c1-21(2,3)27-14-17(11-23-27)13-26-6-4-5-18(15-26)20-19(12-22-24-20)16-25-7-9-28-10-8-25/h11-12,14,18H,4-10,13,15-16H2,1-3H3,(H,22,24). The molecule has 1 atom stereocenters. The number of aromatic nitrogens is 4. The molecule has 2 saturated heterocycles. The minimum atomic E-state index is 0.0347. The lowest BCUT2D eigenvalue weighted by Crippen LogP contribution is -2.37. The highest BCUT2D eigenvalue weighted by Crippen LogP contribution is 2.29. The van der Waals surface area contributed by atoms with Crippen molar-refractivity contribution in [2.24, 2.45) is 0 Å². The maximum Gasteiger partial charge on any atom is 0.0594 e. The zero-order chi connectivity index (χ0) is 19.6. The van der Waals surface area contributed by atoms with Gasteiger partial charge in [-0.3, -0.25) is 19.6 Å². The summed E-state index contributed by atoms with van der Waals surface area (Å²) < 4.78 is 7.55. The van der Waals surface area contributed by atoms with Crippen molar-refractivity contribution in [1.82, 2.24) is 29.8 Å². The minimum Gasteiger partial charge on any atom is -0.379 e. The summed E-state index contributed by atoms with van der Waals surface area (Å²) in [6, 6.07) is 0. The first-order chi connectivity index (χ1) is 13.5. The van der Waals surface area contributed by atoms with Gasteiger partial charge in [-0.1, -0.05) is 0 Å². The van der Waals surface area contributed by atoms with Crippen LogP contribution in [0.5, 0.6) is 0 Å². The van der Waals surface area contributed by atoms with Crippen molar-refractivity contribution in [2.45, 2.75) is 58.2 Å². The zero-order valence-electron chi connectivity index (χ0n) is 17.5. The number of aromatic amines is 1. The third-order valence-corrected chi connectivity index (χ3v) is 5.89. The summed E-state index contributed by atoms with van der Waals surface area (Å²) in [5.74, 6) is 0.532. The smallest absolute Gasteiger partial charge is 0.0594 e. The maximum atomic E-state index is 5.48. The lowest BCUT2D eigenvalue weighted by molar-refractivity contribution is 0.0339. The van der Waals surface area contributed by atoms with Crippen LogP contribution in [-0.2, 0) is 23.4 Å². The van der Waals surface area contributed by atoms with Crippen molar-refractivity contribution < 1.29 is 4.74 Å². The van der Waals surface area contributed by atoms with E-state index >= 15 is 0 Å². The molecule has 0 amide bonds. The van der Waals surface area contributed by atoms with Gasteiger partial charge in [-0.05, 0) is 40.2 Å². The average molecular weight is 387 g/mol. The Morgan fingerprint density at radius 2 is 1.93 bits per heavy atom. The Labute approximate surface area is 168 Å². The van der Waals surface area contributed by atoms with E-state index in [-0.39, 0.29) is 5.54 Å². The van der Waals surface area contributed by atoms with Gasteiger partial charge in [0.05, 0.1) is 31.1 Å². The highest BCUT2D eigenvalue weighted by molar-refractivity contribution is 5.22. The summed E-state index contributed by atoms with van der Waals surface area (Å²) in [7, 11) is 0. The van der Waals surface area contributed by atoms with Crippen LogP contribution in [0.3, 0.4) is 0 Å². The second-order valence-corrected chi connectivity index (χ2v) is 9.24. The molecule has 7 heteroatoms. The second-order valence-electron chi connectivity index (χ2n) is 9.24. The molecule has 0 saturated carbocycles. The fourth-order valence-corrected chi connectivity index (χ4v) is 4.30. The number of nitrogens with one attached hydrogen (secondary N) is 1. The molecule has 2 aromatic rings. The van der Waals surface area contributed by atoms with E-state index < -0.39 is 0 Å². The number of morpholine rings is 1. The molecule has 0 aliphatic carbocycles. The fourth-order valence-electron chi connectivity index (χ4n) is 4.30. The molecular weight excluding hydrogens is 352 g/mol. The van der Waals surface area contributed by atoms with Gasteiger partial charge in [0.15, 0.2) is 0 Å². The molecule has 0 spiro atoms. The predicted octanol–water partition coefficient (Wildman–Crippen LogP) is 2.57. The van der Waals surface area contributed by atoms with Crippen molar-refractivity contribution in [2.75, 3.05) is 39.4 Å². The molecular formula is C21H34N6O. The van der Waals surface area contributed by atoms with E-state index in [9.17, 15) is 0 Å². The molecule has 0 radical (unpaired) electrons. The summed E-state index contributed by atoms with van der Waals surface area (Å²) in [5, 5.41) is 12.3. The van der Waals surface area contributed by atoms with Crippen LogP contribution in [0.2, 0.25) is 0 Å². The largest absolute Gasteiger partial charge is 0.379 e. The van der Waals surface area contributed by atoms with Gasteiger partial charge < -0.3 is 4.74 Å². The Bertz CT molecular complexity index is 755. The van der Waals surface area contributed by atoms with E-state index in [1.165, 1.54) is 29.7 Å². The molecule has 1 N–H and O–H groups in total. The number of nitrogens with zero attached hydrogens (tertiary/aromatic N) is 5. The van der Waals surface area contributed by atoms with Crippen LogP contribution in [0.15, 0.2) is 18.6 Å². The molecule has 7 nitrogen and oxygen atoms in total. The number of rotatable bonds is 5. The number of H-pyrrole nitrogens is 1. The number of piperidine rings is 1. The first-order valence-electron chi connectivity index (χ1n) is 10.6. The molecule has 28 heavy (non-hydrogen) atoms. The van der Waals surface area contributed by atoms with Gasteiger partial charge in [-0.15, -0.1) is 0 Å². The number of ether oxygens (including phenoxy) is 1. The van der Waals surface area contributed by atoms with Gasteiger partial charge in [0.25, 0.3) is 0 Å². The van der Waals surface area contributed by atoms with Crippen molar-refractivity contribution in [1.29, 1.82) is 0 Å². The average Bonchev–Trinajstić information content (AvgIpc) is 3.32. The third kappa shape index (κ3) is 4.64. The highest BCUT2D eigenvalue weighted by atomic mass is 16.5. The van der Waals surface area contributed by atoms with Crippen LogP contribution in [0, 0.1) is 0 Å². The molecule has 2 aliphatic rings. The van der Waals surface area contributed by atoms with E-state index in [0.717, 1.165) is 52.5 Å². The van der Waals surface area contributed by atoms with Crippen LogP contribution < -0.4 is 0 Å². The number of likely N-dealkylation sites (tertiary alicyclic amines) is 1. The summed E-state index contributed by atoms with van der Waals surface area (Å²) in [6.45, 7) is 14.5. The van der Waals surface area contributed by atoms with Gasteiger partial charge >= 0.3 is 0 Å². The quantitative estimate of drug-likeness (QED) is 0.856. The fraction of sp³-hybridized carbons (Fsp3) is 0.714. The number of hydrogen-bond donors (Lipinski definition) is 1. The normalized spacial score (nSPS) is 22.6. The molecule has 0 bridgehead atoms. The molecule has 2 aliphatic heterocycles. The molecule has 2 aromatic heterocycles. The van der Waals surface area contributed by atoms with E-state index in [1.54, 1.807) is 0 Å². The minimum absolute atomic E-state index is 0.0347. The zero-order valence-corrected chi connectivity index (χ0v) is 17.5. The number of hydrogen-bond acceptors (Lipinski definition) is 5. The summed E-state index contributed by atoms with van der Waals surface area (Å²) in [4.78, 5) is 5.04. The third-order valence-electron chi connectivity index (χ3n) is 5.89. The summed E-state index contributed by atoms with van der Waals surface area (Å²) in [6.07, 6.45) is 8.71. The Balaban J connectivity index is 1.39. The topological polar surface area (TPSA) is 62.2 Å². The van der Waals surface area contributed by atoms with Crippen molar-refractivity contribution >= 4 is 0 Å². The lowest BCUT2D eigenvalue weighted by atomic mass is 9.92. The van der Waals surface area contributed by atoms with Crippen molar-refractivity contribution in [3.63, 3.8) is 0 Å². The molecule has 1 unspecified atom stereocenters. The van der Waals surface area contributed by atoms with Crippen molar-refractivity contribution in [3.05, 3.63) is 35.4 Å². The second kappa shape index (κ2) is 8.35.